The van der Waals surface area contributed by atoms with Crippen molar-refractivity contribution >= 4 is 30.1 Å². The number of nitrogens with one attached hydrogen (secondary N) is 1. The monoisotopic (exact) mass is 508 g/mol. The number of anilines is 1. The van der Waals surface area contributed by atoms with E-state index < -0.39 is 18.3 Å². The Morgan fingerprint density at radius 3 is 2.57 bits per heavy atom. The number of fused-ring (bicyclic) bond motifs is 1. The van der Waals surface area contributed by atoms with Crippen molar-refractivity contribution in [2.75, 3.05) is 25.5 Å². The number of aromatic nitrogens is 2. The van der Waals surface area contributed by atoms with Gasteiger partial charge in [-0.2, -0.15) is 5.10 Å². The van der Waals surface area contributed by atoms with Gasteiger partial charge >= 0.3 is 13.1 Å². The maximum absolute atomic E-state index is 13.3. The van der Waals surface area contributed by atoms with E-state index in [2.05, 4.69) is 15.3 Å². The van der Waals surface area contributed by atoms with Crippen molar-refractivity contribution in [1.82, 2.24) is 14.7 Å². The van der Waals surface area contributed by atoms with Crippen molar-refractivity contribution in [3.05, 3.63) is 41.2 Å². The SMILES string of the molecule is COC(=O)[C@@H]1CCN([C@@H]2CCCn3nc(C(=O)Nc4cccc(B5OC(C)(C)C(C)(C)O5)c4C)cc32)C1. The van der Waals surface area contributed by atoms with Crippen molar-refractivity contribution in [3.63, 3.8) is 0 Å². The van der Waals surface area contributed by atoms with Gasteiger partial charge in [0.1, 0.15) is 0 Å². The van der Waals surface area contributed by atoms with Gasteiger partial charge in [0.2, 0.25) is 0 Å². The molecule has 1 aromatic carbocycles. The molecular formula is C27H37BN4O5. The Hall–Kier alpha value is -2.69. The second-order valence-electron chi connectivity index (χ2n) is 11.4. The van der Waals surface area contributed by atoms with Crippen LogP contribution < -0.4 is 10.8 Å². The molecular weight excluding hydrogens is 471 g/mol. The van der Waals surface area contributed by atoms with Crippen LogP contribution in [0.15, 0.2) is 24.3 Å². The molecule has 9 nitrogen and oxygen atoms in total. The zero-order valence-corrected chi connectivity index (χ0v) is 22.7. The van der Waals surface area contributed by atoms with Crippen molar-refractivity contribution in [3.8, 4) is 0 Å². The van der Waals surface area contributed by atoms with Gasteiger partial charge in [0.15, 0.2) is 5.69 Å². The third-order valence-electron chi connectivity index (χ3n) is 8.56. The lowest BCUT2D eigenvalue weighted by Gasteiger charge is -2.32. The zero-order chi connectivity index (χ0) is 26.5. The molecule has 0 bridgehead atoms. The molecule has 198 valence electrons. The summed E-state index contributed by atoms with van der Waals surface area (Å²) >= 11 is 0. The lowest BCUT2D eigenvalue weighted by molar-refractivity contribution is -0.145. The zero-order valence-electron chi connectivity index (χ0n) is 22.7. The first-order chi connectivity index (χ1) is 17.5. The average Bonchev–Trinajstić information content (AvgIpc) is 3.56. The van der Waals surface area contributed by atoms with Gasteiger partial charge in [-0.1, -0.05) is 12.1 Å². The van der Waals surface area contributed by atoms with E-state index in [1.165, 1.54) is 7.11 Å². The predicted octanol–water partition coefficient (Wildman–Crippen LogP) is 3.07. The van der Waals surface area contributed by atoms with E-state index in [-0.39, 0.29) is 23.8 Å². The molecule has 5 rings (SSSR count). The van der Waals surface area contributed by atoms with E-state index in [9.17, 15) is 9.59 Å². The highest BCUT2D eigenvalue weighted by atomic mass is 16.7. The predicted molar refractivity (Wildman–Crippen MR) is 141 cm³/mol. The topological polar surface area (TPSA) is 94.9 Å². The third-order valence-corrected chi connectivity index (χ3v) is 8.56. The van der Waals surface area contributed by atoms with Crippen LogP contribution in [0.2, 0.25) is 0 Å². The quantitative estimate of drug-likeness (QED) is 0.490. The molecule has 10 heteroatoms. The second-order valence-corrected chi connectivity index (χ2v) is 11.4. The number of carbonyl (C=O) groups is 2. The molecule has 2 atom stereocenters. The summed E-state index contributed by atoms with van der Waals surface area (Å²) in [5.41, 5.74) is 3.05. The van der Waals surface area contributed by atoms with Crippen molar-refractivity contribution in [2.24, 2.45) is 5.92 Å². The van der Waals surface area contributed by atoms with Gasteiger partial charge in [-0.3, -0.25) is 19.2 Å². The highest BCUT2D eigenvalue weighted by molar-refractivity contribution is 6.62. The van der Waals surface area contributed by atoms with Gasteiger partial charge in [0.05, 0.1) is 36.0 Å². The first kappa shape index (κ1) is 25.9. The average molecular weight is 508 g/mol. The fraction of sp³-hybridized carbons (Fsp3) is 0.593. The number of hydrogen-bond acceptors (Lipinski definition) is 7. The van der Waals surface area contributed by atoms with E-state index in [1.54, 1.807) is 0 Å². The summed E-state index contributed by atoms with van der Waals surface area (Å²) in [7, 11) is 0.940. The summed E-state index contributed by atoms with van der Waals surface area (Å²) in [5, 5.41) is 7.70. The van der Waals surface area contributed by atoms with E-state index in [0.29, 0.717) is 17.9 Å². The minimum atomic E-state index is -0.503. The smallest absolute Gasteiger partial charge is 0.469 e. The molecule has 3 aliphatic heterocycles. The number of rotatable bonds is 5. The lowest BCUT2D eigenvalue weighted by atomic mass is 9.76. The maximum Gasteiger partial charge on any atom is 0.495 e. The molecule has 1 N–H and O–H groups in total. The molecule has 3 aliphatic rings. The number of benzene rings is 1. The summed E-state index contributed by atoms with van der Waals surface area (Å²) in [6.45, 7) is 12.4. The summed E-state index contributed by atoms with van der Waals surface area (Å²) in [5.74, 6) is -0.487. The molecule has 2 aromatic rings. The molecule has 4 heterocycles. The first-order valence-electron chi connectivity index (χ1n) is 13.2. The molecule has 1 amide bonds. The lowest BCUT2D eigenvalue weighted by Crippen LogP contribution is -2.41. The van der Waals surface area contributed by atoms with Gasteiger partial charge in [0.25, 0.3) is 5.91 Å². The maximum atomic E-state index is 13.3. The fourth-order valence-electron chi connectivity index (χ4n) is 5.57. The van der Waals surface area contributed by atoms with Crippen molar-refractivity contribution in [2.45, 2.75) is 77.7 Å². The number of nitrogens with zero attached hydrogens (tertiary/aromatic N) is 3. The number of ether oxygens (including phenoxy) is 1. The molecule has 0 aliphatic carbocycles. The standard InChI is InChI=1S/C27H37BN4O5/c1-17-19(28-36-26(2,3)27(4,5)37-28)9-7-10-20(17)29-24(33)21-15-23-22(11-8-13-32(23)30-21)31-14-12-18(16-31)25(34)35-6/h7,9-10,15,18,22H,8,11-14,16H2,1-6H3,(H,29,33)/t18-,22-/m1/s1. The third kappa shape index (κ3) is 4.71. The molecule has 2 fully saturated rings. The minimum absolute atomic E-state index is 0.0923. The van der Waals surface area contributed by atoms with Gasteiger partial charge in [-0.05, 0) is 83.6 Å². The van der Waals surface area contributed by atoms with E-state index in [4.69, 9.17) is 14.0 Å². The Morgan fingerprint density at radius 1 is 1.14 bits per heavy atom. The Balaban J connectivity index is 1.32. The molecule has 0 spiro atoms. The number of methoxy groups -OCH3 is 1. The highest BCUT2D eigenvalue weighted by Crippen LogP contribution is 2.37. The highest BCUT2D eigenvalue weighted by Gasteiger charge is 2.52. The number of amides is 1. The van der Waals surface area contributed by atoms with E-state index >= 15 is 0 Å². The van der Waals surface area contributed by atoms with Crippen LogP contribution in [0.5, 0.6) is 0 Å². The molecule has 37 heavy (non-hydrogen) atoms. The molecule has 0 radical (unpaired) electrons. The molecule has 2 saturated heterocycles. The summed E-state index contributed by atoms with van der Waals surface area (Å²) in [6.07, 6.45) is 2.76. The molecule has 0 unspecified atom stereocenters. The Bertz CT molecular complexity index is 1190. The first-order valence-corrected chi connectivity index (χ1v) is 13.2. The van der Waals surface area contributed by atoms with Crippen molar-refractivity contribution < 1.29 is 23.6 Å². The number of likely N-dealkylation sites (tertiary alicyclic amines) is 1. The number of aryl methyl sites for hydroxylation is 1. The minimum Gasteiger partial charge on any atom is -0.469 e. The Kier molecular flexibility index (Phi) is 6.71. The Morgan fingerprint density at radius 2 is 1.86 bits per heavy atom. The van der Waals surface area contributed by atoms with Crippen LogP contribution in [-0.2, 0) is 25.4 Å². The molecule has 0 saturated carbocycles. The summed E-state index contributed by atoms with van der Waals surface area (Å²) in [6, 6.07) is 7.81. The van der Waals surface area contributed by atoms with Gasteiger partial charge < -0.3 is 19.4 Å². The van der Waals surface area contributed by atoms with Crippen LogP contribution in [0, 0.1) is 12.8 Å². The van der Waals surface area contributed by atoms with Crippen LogP contribution in [0.4, 0.5) is 5.69 Å². The van der Waals surface area contributed by atoms with Crippen LogP contribution in [0.1, 0.15) is 74.7 Å². The van der Waals surface area contributed by atoms with Crippen LogP contribution in [0.3, 0.4) is 0 Å². The normalized spacial score (nSPS) is 24.6. The Labute approximate surface area is 219 Å². The number of hydrogen-bond donors (Lipinski definition) is 1. The van der Waals surface area contributed by atoms with Gasteiger partial charge in [-0.25, -0.2) is 0 Å². The molecule has 1 aromatic heterocycles. The van der Waals surface area contributed by atoms with Crippen LogP contribution >= 0.6 is 0 Å². The second kappa shape index (κ2) is 9.56. The van der Waals surface area contributed by atoms with E-state index in [1.807, 2.05) is 63.6 Å². The van der Waals surface area contributed by atoms with Gasteiger partial charge in [-0.15, -0.1) is 0 Å². The van der Waals surface area contributed by atoms with Crippen LogP contribution in [-0.4, -0.2) is 65.1 Å². The number of carbonyl (C=O) groups excluding carboxylic acids is 2. The largest absolute Gasteiger partial charge is 0.495 e. The fourth-order valence-corrected chi connectivity index (χ4v) is 5.57. The van der Waals surface area contributed by atoms with E-state index in [0.717, 1.165) is 49.1 Å². The summed E-state index contributed by atoms with van der Waals surface area (Å²) in [4.78, 5) is 27.7. The summed E-state index contributed by atoms with van der Waals surface area (Å²) < 4.78 is 19.4. The van der Waals surface area contributed by atoms with Crippen LogP contribution in [0.25, 0.3) is 0 Å². The number of esters is 1. The van der Waals surface area contributed by atoms with Crippen molar-refractivity contribution in [1.29, 1.82) is 0 Å². The van der Waals surface area contributed by atoms with Gasteiger partial charge in [0, 0.05) is 18.8 Å².